The second kappa shape index (κ2) is 7.38. The van der Waals surface area contributed by atoms with Crippen molar-refractivity contribution in [2.75, 3.05) is 20.2 Å². The maximum absolute atomic E-state index is 11.7. The Morgan fingerprint density at radius 3 is 2.61 bits per heavy atom. The van der Waals surface area contributed by atoms with Crippen molar-refractivity contribution < 1.29 is 9.90 Å². The Bertz CT molecular complexity index is 381. The number of hydrogen-bond acceptors (Lipinski definition) is 2. The molecule has 1 unspecified atom stereocenters. The summed E-state index contributed by atoms with van der Waals surface area (Å²) < 4.78 is 1.05. The summed E-state index contributed by atoms with van der Waals surface area (Å²) in [5.74, 6) is 0. The first-order valence-electron chi connectivity index (χ1n) is 5.90. The number of aliphatic hydroxyl groups is 1. The second-order valence-corrected chi connectivity index (χ2v) is 5.24. The van der Waals surface area contributed by atoms with Gasteiger partial charge >= 0.3 is 6.03 Å². The minimum Gasteiger partial charge on any atom is -0.395 e. The van der Waals surface area contributed by atoms with Gasteiger partial charge in [0, 0.05) is 24.1 Å². The van der Waals surface area contributed by atoms with Crippen LogP contribution in [0.25, 0.3) is 0 Å². The number of nitrogens with zero attached hydrogens (tertiary/aromatic N) is 1. The van der Waals surface area contributed by atoms with Gasteiger partial charge in [0.2, 0.25) is 0 Å². The average molecular weight is 315 g/mol. The molecule has 0 fully saturated rings. The molecule has 0 radical (unpaired) electrons. The molecule has 1 aromatic carbocycles. The minimum absolute atomic E-state index is 0.0228. The molecule has 18 heavy (non-hydrogen) atoms. The predicted molar refractivity (Wildman–Crippen MR) is 75.6 cm³/mol. The number of halogens is 1. The number of likely N-dealkylation sites (N-methyl/N-ethyl adjacent to an activating group) is 1. The Kier molecular flexibility index (Phi) is 6.15. The summed E-state index contributed by atoms with van der Waals surface area (Å²) in [5, 5.41) is 11.6. The SMILES string of the molecule is CC(Cc1ccc(Br)cc1)NC(=O)N(C)CCO. The summed E-state index contributed by atoms with van der Waals surface area (Å²) in [6.07, 6.45) is 0.784. The van der Waals surface area contributed by atoms with E-state index in [0.717, 1.165) is 10.9 Å². The van der Waals surface area contributed by atoms with Crippen LogP contribution in [0.1, 0.15) is 12.5 Å². The number of hydrogen-bond donors (Lipinski definition) is 2. The van der Waals surface area contributed by atoms with Crippen molar-refractivity contribution in [1.29, 1.82) is 0 Å². The molecule has 0 spiro atoms. The van der Waals surface area contributed by atoms with E-state index in [1.165, 1.54) is 10.5 Å². The van der Waals surface area contributed by atoms with E-state index in [-0.39, 0.29) is 18.7 Å². The summed E-state index contributed by atoms with van der Waals surface area (Å²) in [7, 11) is 1.66. The fraction of sp³-hybridized carbons (Fsp3) is 0.462. The first-order valence-corrected chi connectivity index (χ1v) is 6.69. The first-order chi connectivity index (χ1) is 8.52. The molecule has 1 atom stereocenters. The Balaban J connectivity index is 2.43. The lowest BCUT2D eigenvalue weighted by Gasteiger charge is -2.20. The molecule has 0 aliphatic carbocycles. The first kappa shape index (κ1) is 15.0. The molecule has 0 aliphatic heterocycles. The van der Waals surface area contributed by atoms with E-state index in [1.54, 1.807) is 7.05 Å². The molecule has 0 bridgehead atoms. The van der Waals surface area contributed by atoms with Crippen LogP contribution >= 0.6 is 15.9 Å². The van der Waals surface area contributed by atoms with Gasteiger partial charge in [-0.05, 0) is 31.0 Å². The molecule has 0 heterocycles. The largest absolute Gasteiger partial charge is 0.395 e. The van der Waals surface area contributed by atoms with E-state index in [0.29, 0.717) is 6.54 Å². The van der Waals surface area contributed by atoms with Gasteiger partial charge in [-0.1, -0.05) is 28.1 Å². The average Bonchev–Trinajstić information content (AvgIpc) is 2.32. The normalized spacial score (nSPS) is 12.0. The highest BCUT2D eigenvalue weighted by Crippen LogP contribution is 2.11. The molecule has 100 valence electrons. The van der Waals surface area contributed by atoms with E-state index >= 15 is 0 Å². The Morgan fingerprint density at radius 1 is 1.44 bits per heavy atom. The van der Waals surface area contributed by atoms with Gasteiger partial charge in [-0.25, -0.2) is 4.79 Å². The van der Waals surface area contributed by atoms with Crippen molar-refractivity contribution in [3.63, 3.8) is 0 Å². The van der Waals surface area contributed by atoms with Crippen molar-refractivity contribution in [3.8, 4) is 0 Å². The number of carbonyl (C=O) groups excluding carboxylic acids is 1. The van der Waals surface area contributed by atoms with Crippen LogP contribution in [0.5, 0.6) is 0 Å². The molecule has 0 aliphatic rings. The van der Waals surface area contributed by atoms with Gasteiger partial charge in [-0.3, -0.25) is 0 Å². The van der Waals surface area contributed by atoms with E-state index in [4.69, 9.17) is 5.11 Å². The maximum atomic E-state index is 11.7. The molecule has 2 N–H and O–H groups in total. The van der Waals surface area contributed by atoms with Crippen molar-refractivity contribution in [2.45, 2.75) is 19.4 Å². The summed E-state index contributed by atoms with van der Waals surface area (Å²) in [4.78, 5) is 13.2. The monoisotopic (exact) mass is 314 g/mol. The summed E-state index contributed by atoms with van der Waals surface area (Å²) in [5.41, 5.74) is 1.18. The number of nitrogens with one attached hydrogen (secondary N) is 1. The molecule has 5 heteroatoms. The Labute approximate surface area is 116 Å². The molecule has 0 aromatic heterocycles. The number of carbonyl (C=O) groups is 1. The standard InChI is InChI=1S/C13H19BrN2O2/c1-10(15-13(18)16(2)7-8-17)9-11-3-5-12(14)6-4-11/h3-6,10,17H,7-9H2,1-2H3,(H,15,18). The Morgan fingerprint density at radius 2 is 2.06 bits per heavy atom. The van der Waals surface area contributed by atoms with Crippen molar-refractivity contribution in [1.82, 2.24) is 10.2 Å². The second-order valence-electron chi connectivity index (χ2n) is 4.33. The topological polar surface area (TPSA) is 52.6 Å². The van der Waals surface area contributed by atoms with Crippen LogP contribution in [0.4, 0.5) is 4.79 Å². The fourth-order valence-electron chi connectivity index (χ4n) is 1.60. The number of benzene rings is 1. The highest BCUT2D eigenvalue weighted by molar-refractivity contribution is 9.10. The van der Waals surface area contributed by atoms with Gasteiger partial charge in [0.15, 0.2) is 0 Å². The fourth-order valence-corrected chi connectivity index (χ4v) is 1.86. The van der Waals surface area contributed by atoms with Crippen LogP contribution in [0.2, 0.25) is 0 Å². The molecule has 0 saturated heterocycles. The zero-order chi connectivity index (χ0) is 13.5. The quantitative estimate of drug-likeness (QED) is 0.873. The van der Waals surface area contributed by atoms with Gasteiger partial charge in [0.1, 0.15) is 0 Å². The van der Waals surface area contributed by atoms with Crippen molar-refractivity contribution in [3.05, 3.63) is 34.3 Å². The summed E-state index contributed by atoms with van der Waals surface area (Å²) in [6.45, 7) is 2.29. The van der Waals surface area contributed by atoms with Crippen LogP contribution in [0, 0.1) is 0 Å². The lowest BCUT2D eigenvalue weighted by Crippen LogP contribution is -2.43. The zero-order valence-electron chi connectivity index (χ0n) is 10.7. The Hall–Kier alpha value is -1.07. The van der Waals surface area contributed by atoms with Crippen molar-refractivity contribution >= 4 is 22.0 Å². The molecule has 4 nitrogen and oxygen atoms in total. The van der Waals surface area contributed by atoms with Gasteiger partial charge in [0.05, 0.1) is 6.61 Å². The highest BCUT2D eigenvalue weighted by atomic mass is 79.9. The predicted octanol–water partition coefficient (Wildman–Crippen LogP) is 2.01. The number of urea groups is 1. The van der Waals surface area contributed by atoms with E-state index in [1.807, 2.05) is 31.2 Å². The van der Waals surface area contributed by atoms with Gasteiger partial charge < -0.3 is 15.3 Å². The lowest BCUT2D eigenvalue weighted by molar-refractivity contribution is 0.187. The molecular weight excluding hydrogens is 296 g/mol. The van der Waals surface area contributed by atoms with E-state index in [2.05, 4.69) is 21.2 Å². The smallest absolute Gasteiger partial charge is 0.317 e. The highest BCUT2D eigenvalue weighted by Gasteiger charge is 2.11. The number of aliphatic hydroxyl groups excluding tert-OH is 1. The van der Waals surface area contributed by atoms with Crippen LogP contribution in [-0.4, -0.2) is 42.3 Å². The molecule has 1 rings (SSSR count). The maximum Gasteiger partial charge on any atom is 0.317 e. The third-order valence-corrected chi connectivity index (χ3v) is 3.14. The van der Waals surface area contributed by atoms with E-state index in [9.17, 15) is 4.79 Å². The minimum atomic E-state index is -0.159. The van der Waals surface area contributed by atoms with E-state index < -0.39 is 0 Å². The lowest BCUT2D eigenvalue weighted by atomic mass is 10.1. The summed E-state index contributed by atoms with van der Waals surface area (Å²) >= 11 is 3.39. The number of amides is 2. The number of rotatable bonds is 5. The van der Waals surface area contributed by atoms with Crippen molar-refractivity contribution in [2.24, 2.45) is 0 Å². The van der Waals surface area contributed by atoms with Gasteiger partial charge in [-0.2, -0.15) is 0 Å². The molecule has 2 amide bonds. The molecule has 1 aromatic rings. The zero-order valence-corrected chi connectivity index (χ0v) is 12.3. The van der Waals surface area contributed by atoms with Crippen LogP contribution in [0.15, 0.2) is 28.7 Å². The third kappa shape index (κ3) is 5.06. The van der Waals surface area contributed by atoms with Crippen LogP contribution in [-0.2, 0) is 6.42 Å². The van der Waals surface area contributed by atoms with Gasteiger partial charge in [0.25, 0.3) is 0 Å². The van der Waals surface area contributed by atoms with Gasteiger partial charge in [-0.15, -0.1) is 0 Å². The summed E-state index contributed by atoms with van der Waals surface area (Å²) in [6, 6.07) is 7.94. The third-order valence-electron chi connectivity index (χ3n) is 2.61. The van der Waals surface area contributed by atoms with Crippen LogP contribution < -0.4 is 5.32 Å². The van der Waals surface area contributed by atoms with Crippen LogP contribution in [0.3, 0.4) is 0 Å². The molecule has 0 saturated carbocycles. The molecular formula is C13H19BrN2O2.